The summed E-state index contributed by atoms with van der Waals surface area (Å²) in [5, 5.41) is 3.19. The minimum absolute atomic E-state index is 0.0580. The molecule has 6 heteroatoms. The molecule has 2 heterocycles. The molecule has 3 fully saturated rings. The lowest BCUT2D eigenvalue weighted by Gasteiger charge is -2.42. The average molecular weight is 396 g/mol. The van der Waals surface area contributed by atoms with Crippen molar-refractivity contribution in [2.45, 2.75) is 95.9 Å². The second-order valence-electron chi connectivity index (χ2n) is 10.0. The van der Waals surface area contributed by atoms with Gasteiger partial charge in [0, 0.05) is 12.6 Å². The van der Waals surface area contributed by atoms with Crippen LogP contribution in [0, 0.1) is 5.92 Å². The second kappa shape index (κ2) is 7.71. The molecule has 2 saturated heterocycles. The highest BCUT2D eigenvalue weighted by atomic mass is 16.6. The van der Waals surface area contributed by atoms with Crippen molar-refractivity contribution in [3.8, 4) is 0 Å². The average Bonchev–Trinajstić information content (AvgIpc) is 3.50. The van der Waals surface area contributed by atoms with Gasteiger partial charge in [0.05, 0.1) is 25.2 Å². The van der Waals surface area contributed by atoms with Crippen molar-refractivity contribution in [3.63, 3.8) is 0 Å². The highest BCUT2D eigenvalue weighted by Crippen LogP contribution is 2.59. The monoisotopic (exact) mass is 395 g/mol. The molecule has 160 valence electrons. The van der Waals surface area contributed by atoms with Gasteiger partial charge >= 0.3 is 5.97 Å². The summed E-state index contributed by atoms with van der Waals surface area (Å²) in [5.74, 6) is -0.181. The number of epoxide rings is 2. The van der Waals surface area contributed by atoms with Gasteiger partial charge in [-0.1, -0.05) is 11.6 Å². The third kappa shape index (κ3) is 4.61. The van der Waals surface area contributed by atoms with Crippen LogP contribution in [0.15, 0.2) is 11.6 Å². The van der Waals surface area contributed by atoms with Gasteiger partial charge in [-0.05, 0) is 60.8 Å². The molecule has 0 aromatic carbocycles. The summed E-state index contributed by atoms with van der Waals surface area (Å²) in [6.07, 6.45) is 4.39. The lowest BCUT2D eigenvalue weighted by Crippen LogP contribution is -2.56. The first-order chi connectivity index (χ1) is 13.0. The molecule has 6 atom stereocenters. The molecule has 1 spiro atoms. The van der Waals surface area contributed by atoms with E-state index in [1.165, 1.54) is 5.57 Å². The molecule has 0 amide bonds. The largest absolute Gasteiger partial charge is 0.459 e. The van der Waals surface area contributed by atoms with E-state index in [1.54, 1.807) is 7.11 Å². The van der Waals surface area contributed by atoms with Gasteiger partial charge in [0.2, 0.25) is 0 Å². The molecule has 6 unspecified atom stereocenters. The fourth-order valence-electron chi connectivity index (χ4n) is 4.62. The molecule has 0 radical (unpaired) electrons. The van der Waals surface area contributed by atoms with Crippen LogP contribution in [0.2, 0.25) is 0 Å². The Kier molecular flexibility index (Phi) is 5.99. The van der Waals surface area contributed by atoms with Gasteiger partial charge in [0.1, 0.15) is 23.4 Å². The summed E-state index contributed by atoms with van der Waals surface area (Å²) in [6, 6.07) is 0. The van der Waals surface area contributed by atoms with Crippen molar-refractivity contribution in [2.24, 2.45) is 5.92 Å². The molecule has 6 nitrogen and oxygen atoms in total. The summed E-state index contributed by atoms with van der Waals surface area (Å²) in [5.41, 5.74) is 0.661. The Morgan fingerprint density at radius 1 is 1.32 bits per heavy atom. The van der Waals surface area contributed by atoms with Crippen LogP contribution in [-0.2, 0) is 23.7 Å². The van der Waals surface area contributed by atoms with Crippen LogP contribution in [0.3, 0.4) is 0 Å². The molecule has 2 aliphatic heterocycles. The molecule has 3 aliphatic rings. The zero-order valence-electron chi connectivity index (χ0n) is 18.5. The van der Waals surface area contributed by atoms with E-state index in [-0.39, 0.29) is 53.5 Å². The Labute approximate surface area is 169 Å². The molecule has 0 bridgehead atoms. The van der Waals surface area contributed by atoms with Gasteiger partial charge in [0.25, 0.3) is 0 Å². The summed E-state index contributed by atoms with van der Waals surface area (Å²) in [6.45, 7) is 13.4. The minimum Gasteiger partial charge on any atom is -0.459 e. The number of allylic oxidation sites excluding steroid dienone is 1. The molecule has 3 rings (SSSR count). The highest BCUT2D eigenvalue weighted by molar-refractivity contribution is 5.72. The van der Waals surface area contributed by atoms with Crippen molar-refractivity contribution in [1.82, 2.24) is 5.32 Å². The summed E-state index contributed by atoms with van der Waals surface area (Å²) >= 11 is 0. The van der Waals surface area contributed by atoms with E-state index in [9.17, 15) is 4.79 Å². The van der Waals surface area contributed by atoms with E-state index < -0.39 is 0 Å². The number of carbonyl (C=O) groups excluding carboxylic acids is 1. The quantitative estimate of drug-likeness (QED) is 0.406. The number of hydrogen-bond donors (Lipinski definition) is 1. The molecular formula is C22H37NO5. The first kappa shape index (κ1) is 21.8. The van der Waals surface area contributed by atoms with Gasteiger partial charge in [-0.25, -0.2) is 0 Å². The van der Waals surface area contributed by atoms with Gasteiger partial charge < -0.3 is 24.3 Å². The summed E-state index contributed by atoms with van der Waals surface area (Å²) < 4.78 is 23.9. The lowest BCUT2D eigenvalue weighted by molar-refractivity contribution is -0.171. The predicted molar refractivity (Wildman–Crippen MR) is 107 cm³/mol. The van der Waals surface area contributed by atoms with Gasteiger partial charge in [-0.3, -0.25) is 4.79 Å². The minimum atomic E-state index is -0.308. The maximum atomic E-state index is 12.4. The predicted octanol–water partition coefficient (Wildman–Crippen LogP) is 2.99. The van der Waals surface area contributed by atoms with Crippen molar-refractivity contribution < 1.29 is 23.7 Å². The third-order valence-corrected chi connectivity index (χ3v) is 6.28. The van der Waals surface area contributed by atoms with Crippen molar-refractivity contribution in [1.29, 1.82) is 0 Å². The standard InChI is InChI=1S/C22H37NO5/c1-14(2)8-9-16-21(6,28-16)19-18(25-7)15(10-11-22(19)13-26-22)27-17(24)12-23-20(3,4)5/h8,15-16,18-19,23H,9-13H2,1-7H3. The van der Waals surface area contributed by atoms with Crippen LogP contribution >= 0.6 is 0 Å². The second-order valence-corrected chi connectivity index (χ2v) is 10.0. The number of rotatable bonds is 7. The first-order valence-electron chi connectivity index (χ1n) is 10.4. The van der Waals surface area contributed by atoms with Crippen LogP contribution in [0.5, 0.6) is 0 Å². The van der Waals surface area contributed by atoms with Crippen LogP contribution in [0.25, 0.3) is 0 Å². The van der Waals surface area contributed by atoms with E-state index in [0.717, 1.165) is 25.9 Å². The smallest absolute Gasteiger partial charge is 0.320 e. The van der Waals surface area contributed by atoms with Crippen LogP contribution in [0.1, 0.15) is 60.8 Å². The molecule has 1 N–H and O–H groups in total. The van der Waals surface area contributed by atoms with Gasteiger partial charge in [-0.2, -0.15) is 0 Å². The Balaban J connectivity index is 1.69. The molecule has 28 heavy (non-hydrogen) atoms. The maximum Gasteiger partial charge on any atom is 0.320 e. The molecule has 1 aliphatic carbocycles. The Morgan fingerprint density at radius 2 is 2.00 bits per heavy atom. The van der Waals surface area contributed by atoms with Gasteiger partial charge in [0.15, 0.2) is 0 Å². The topological polar surface area (TPSA) is 72.6 Å². The normalized spacial score (nSPS) is 39.5. The molecule has 1 saturated carbocycles. The summed E-state index contributed by atoms with van der Waals surface area (Å²) in [4.78, 5) is 12.4. The zero-order valence-corrected chi connectivity index (χ0v) is 18.5. The maximum absolute atomic E-state index is 12.4. The van der Waals surface area contributed by atoms with E-state index in [2.05, 4.69) is 32.2 Å². The van der Waals surface area contributed by atoms with E-state index in [0.29, 0.717) is 0 Å². The molecule has 0 aromatic rings. The number of carbonyl (C=O) groups is 1. The fourth-order valence-corrected chi connectivity index (χ4v) is 4.62. The third-order valence-electron chi connectivity index (χ3n) is 6.28. The number of esters is 1. The highest BCUT2D eigenvalue weighted by Gasteiger charge is 2.72. The zero-order chi connectivity index (χ0) is 20.7. The molecule has 0 aromatic heterocycles. The van der Waals surface area contributed by atoms with E-state index in [4.69, 9.17) is 18.9 Å². The van der Waals surface area contributed by atoms with Crippen LogP contribution < -0.4 is 5.32 Å². The Bertz CT molecular complexity index is 617. The van der Waals surface area contributed by atoms with Crippen molar-refractivity contribution in [2.75, 3.05) is 20.3 Å². The van der Waals surface area contributed by atoms with Crippen LogP contribution in [-0.4, -0.2) is 61.3 Å². The number of hydrogen-bond acceptors (Lipinski definition) is 6. The number of ether oxygens (including phenoxy) is 4. The number of nitrogens with one attached hydrogen (secondary N) is 1. The van der Waals surface area contributed by atoms with E-state index in [1.807, 2.05) is 20.8 Å². The fraction of sp³-hybridized carbons (Fsp3) is 0.864. The van der Waals surface area contributed by atoms with E-state index >= 15 is 0 Å². The molecular weight excluding hydrogens is 358 g/mol. The van der Waals surface area contributed by atoms with Crippen LogP contribution in [0.4, 0.5) is 0 Å². The van der Waals surface area contributed by atoms with Gasteiger partial charge in [-0.15, -0.1) is 0 Å². The Hall–Kier alpha value is -0.950. The Morgan fingerprint density at radius 3 is 2.54 bits per heavy atom. The van der Waals surface area contributed by atoms with Crippen molar-refractivity contribution >= 4 is 5.97 Å². The van der Waals surface area contributed by atoms with Crippen molar-refractivity contribution in [3.05, 3.63) is 11.6 Å². The summed E-state index contributed by atoms with van der Waals surface area (Å²) in [7, 11) is 1.70. The first-order valence-corrected chi connectivity index (χ1v) is 10.4. The SMILES string of the molecule is COC1C(OC(=O)CNC(C)(C)C)CCC2(CO2)C1C1(C)OC1CC=C(C)C. The number of methoxy groups -OCH3 is 1. The lowest BCUT2D eigenvalue weighted by atomic mass is 9.68.